The molecule has 1 aromatic heterocycles. The number of aryl methyl sites for hydroxylation is 1. The van der Waals surface area contributed by atoms with Gasteiger partial charge in [-0.3, -0.25) is 9.78 Å². The second-order valence-corrected chi connectivity index (χ2v) is 4.40. The molecule has 19 heavy (non-hydrogen) atoms. The van der Waals surface area contributed by atoms with Gasteiger partial charge in [-0.05, 0) is 24.5 Å². The highest BCUT2D eigenvalue weighted by molar-refractivity contribution is 5.89. The molecule has 1 rings (SSSR count). The molecule has 6 heteroatoms. The zero-order valence-corrected chi connectivity index (χ0v) is 11.1. The maximum atomic E-state index is 11.7. The minimum Gasteiger partial charge on any atom is -0.481 e. The van der Waals surface area contributed by atoms with E-state index in [1.807, 2.05) is 13.8 Å². The van der Waals surface area contributed by atoms with Gasteiger partial charge in [0.2, 0.25) is 0 Å². The standard InChI is InChI=1S/C13H19N3O3/c1-3-10(6-12(17)18)7-15-13(19)16-11-8-14-5-4-9(11)2/h4-5,8,10H,3,6-7H2,1-2H3,(H,17,18)(H2,15,16,19). The van der Waals surface area contributed by atoms with Gasteiger partial charge in [-0.1, -0.05) is 13.3 Å². The lowest BCUT2D eigenvalue weighted by atomic mass is 10.0. The van der Waals surface area contributed by atoms with Crippen LogP contribution in [0.1, 0.15) is 25.3 Å². The average Bonchev–Trinajstić information content (AvgIpc) is 2.37. The van der Waals surface area contributed by atoms with Crippen molar-refractivity contribution >= 4 is 17.7 Å². The number of carbonyl (C=O) groups excluding carboxylic acids is 1. The van der Waals surface area contributed by atoms with Gasteiger partial charge in [0, 0.05) is 19.2 Å². The summed E-state index contributed by atoms with van der Waals surface area (Å²) in [6, 6.07) is 1.45. The summed E-state index contributed by atoms with van der Waals surface area (Å²) in [4.78, 5) is 26.2. The van der Waals surface area contributed by atoms with Crippen molar-refractivity contribution in [2.75, 3.05) is 11.9 Å². The fraction of sp³-hybridized carbons (Fsp3) is 0.462. The maximum Gasteiger partial charge on any atom is 0.319 e. The lowest BCUT2D eigenvalue weighted by Crippen LogP contribution is -2.33. The number of aliphatic carboxylic acids is 1. The fourth-order valence-corrected chi connectivity index (χ4v) is 1.61. The number of pyridine rings is 1. The average molecular weight is 265 g/mol. The molecule has 1 unspecified atom stereocenters. The summed E-state index contributed by atoms with van der Waals surface area (Å²) in [6.45, 7) is 4.11. The van der Waals surface area contributed by atoms with Gasteiger partial charge >= 0.3 is 12.0 Å². The summed E-state index contributed by atoms with van der Waals surface area (Å²) >= 11 is 0. The molecular weight excluding hydrogens is 246 g/mol. The van der Waals surface area contributed by atoms with Gasteiger partial charge in [-0.25, -0.2) is 4.79 Å². The smallest absolute Gasteiger partial charge is 0.319 e. The van der Waals surface area contributed by atoms with E-state index in [2.05, 4.69) is 15.6 Å². The zero-order valence-electron chi connectivity index (χ0n) is 11.1. The number of nitrogens with zero attached hydrogens (tertiary/aromatic N) is 1. The Morgan fingerprint density at radius 3 is 2.79 bits per heavy atom. The van der Waals surface area contributed by atoms with Crippen LogP contribution in [-0.4, -0.2) is 28.6 Å². The van der Waals surface area contributed by atoms with E-state index >= 15 is 0 Å². The fourth-order valence-electron chi connectivity index (χ4n) is 1.61. The molecule has 0 bridgehead atoms. The quantitative estimate of drug-likeness (QED) is 0.733. The van der Waals surface area contributed by atoms with E-state index in [0.717, 1.165) is 5.56 Å². The molecule has 0 spiro atoms. The molecule has 0 aliphatic rings. The number of nitrogens with one attached hydrogen (secondary N) is 2. The first-order valence-electron chi connectivity index (χ1n) is 6.20. The molecule has 0 aliphatic heterocycles. The SMILES string of the molecule is CCC(CNC(=O)Nc1cnccc1C)CC(=O)O. The second-order valence-electron chi connectivity index (χ2n) is 4.40. The summed E-state index contributed by atoms with van der Waals surface area (Å²) in [5.41, 5.74) is 1.56. The number of amides is 2. The Balaban J connectivity index is 2.43. The number of aromatic nitrogens is 1. The molecule has 0 radical (unpaired) electrons. The van der Waals surface area contributed by atoms with Gasteiger partial charge in [0.1, 0.15) is 0 Å². The van der Waals surface area contributed by atoms with Crippen LogP contribution in [0.25, 0.3) is 0 Å². The summed E-state index contributed by atoms with van der Waals surface area (Å²) in [7, 11) is 0. The lowest BCUT2D eigenvalue weighted by Gasteiger charge is -2.14. The molecule has 1 heterocycles. The van der Waals surface area contributed by atoms with Crippen LogP contribution in [0.2, 0.25) is 0 Å². The van der Waals surface area contributed by atoms with Crippen LogP contribution in [0.15, 0.2) is 18.5 Å². The van der Waals surface area contributed by atoms with Crippen LogP contribution < -0.4 is 10.6 Å². The van der Waals surface area contributed by atoms with E-state index < -0.39 is 5.97 Å². The number of anilines is 1. The van der Waals surface area contributed by atoms with Crippen LogP contribution >= 0.6 is 0 Å². The summed E-state index contributed by atoms with van der Waals surface area (Å²) < 4.78 is 0. The third-order valence-electron chi connectivity index (χ3n) is 2.88. The Hall–Kier alpha value is -2.11. The highest BCUT2D eigenvalue weighted by atomic mass is 16.4. The molecule has 0 aromatic carbocycles. The van der Waals surface area contributed by atoms with Crippen molar-refractivity contribution in [2.24, 2.45) is 5.92 Å². The highest BCUT2D eigenvalue weighted by Crippen LogP contribution is 2.11. The van der Waals surface area contributed by atoms with Crippen LogP contribution in [0.3, 0.4) is 0 Å². The molecule has 2 amide bonds. The topological polar surface area (TPSA) is 91.3 Å². The monoisotopic (exact) mass is 265 g/mol. The third kappa shape index (κ3) is 5.37. The summed E-state index contributed by atoms with van der Waals surface area (Å²) in [6.07, 6.45) is 3.99. The van der Waals surface area contributed by atoms with Gasteiger partial charge in [-0.15, -0.1) is 0 Å². The Bertz CT molecular complexity index is 449. The molecule has 3 N–H and O–H groups in total. The van der Waals surface area contributed by atoms with Crippen LogP contribution in [0, 0.1) is 12.8 Å². The molecule has 0 fully saturated rings. The predicted octanol–water partition coefficient (Wildman–Crippen LogP) is 2.01. The molecule has 1 atom stereocenters. The van der Waals surface area contributed by atoms with Crippen molar-refractivity contribution in [2.45, 2.75) is 26.7 Å². The number of urea groups is 1. The van der Waals surface area contributed by atoms with E-state index in [1.54, 1.807) is 18.5 Å². The van der Waals surface area contributed by atoms with E-state index in [0.29, 0.717) is 18.7 Å². The number of hydrogen-bond acceptors (Lipinski definition) is 3. The second kappa shape index (κ2) is 7.35. The normalized spacial score (nSPS) is 11.7. The van der Waals surface area contributed by atoms with Crippen molar-refractivity contribution in [3.8, 4) is 0 Å². The number of carbonyl (C=O) groups is 2. The van der Waals surface area contributed by atoms with Crippen LogP contribution in [-0.2, 0) is 4.79 Å². The molecule has 1 aromatic rings. The summed E-state index contributed by atoms with van der Waals surface area (Å²) in [5.74, 6) is -0.907. The van der Waals surface area contributed by atoms with Crippen molar-refractivity contribution in [3.63, 3.8) is 0 Å². The molecule has 104 valence electrons. The van der Waals surface area contributed by atoms with Gasteiger partial charge < -0.3 is 15.7 Å². The van der Waals surface area contributed by atoms with Gasteiger partial charge in [0.05, 0.1) is 11.9 Å². The highest BCUT2D eigenvalue weighted by Gasteiger charge is 2.12. The largest absolute Gasteiger partial charge is 0.481 e. The van der Waals surface area contributed by atoms with E-state index in [9.17, 15) is 9.59 Å². The molecule has 0 saturated carbocycles. The van der Waals surface area contributed by atoms with Crippen molar-refractivity contribution < 1.29 is 14.7 Å². The Morgan fingerprint density at radius 2 is 2.21 bits per heavy atom. The van der Waals surface area contributed by atoms with E-state index in [-0.39, 0.29) is 18.4 Å². The number of rotatable bonds is 6. The predicted molar refractivity (Wildman–Crippen MR) is 72.0 cm³/mol. The minimum absolute atomic E-state index is 0.0572. The lowest BCUT2D eigenvalue weighted by molar-refractivity contribution is -0.138. The van der Waals surface area contributed by atoms with E-state index in [4.69, 9.17) is 5.11 Å². The van der Waals surface area contributed by atoms with Crippen LogP contribution in [0.5, 0.6) is 0 Å². The van der Waals surface area contributed by atoms with E-state index in [1.165, 1.54) is 0 Å². The first-order chi connectivity index (χ1) is 9.02. The van der Waals surface area contributed by atoms with Crippen molar-refractivity contribution in [1.29, 1.82) is 0 Å². The Kier molecular flexibility index (Phi) is 5.78. The number of carboxylic acid groups (broad SMARTS) is 1. The summed E-state index contributed by atoms with van der Waals surface area (Å²) in [5, 5.41) is 14.1. The van der Waals surface area contributed by atoms with Gasteiger partial charge in [-0.2, -0.15) is 0 Å². The Morgan fingerprint density at radius 1 is 1.47 bits per heavy atom. The zero-order chi connectivity index (χ0) is 14.3. The van der Waals surface area contributed by atoms with Gasteiger partial charge in [0.25, 0.3) is 0 Å². The molecule has 0 aliphatic carbocycles. The minimum atomic E-state index is -0.850. The Labute approximate surface area is 112 Å². The van der Waals surface area contributed by atoms with Gasteiger partial charge in [0.15, 0.2) is 0 Å². The first kappa shape index (κ1) is 14.9. The molecule has 0 saturated heterocycles. The number of carboxylic acids is 1. The number of hydrogen-bond donors (Lipinski definition) is 3. The van der Waals surface area contributed by atoms with Crippen molar-refractivity contribution in [1.82, 2.24) is 10.3 Å². The first-order valence-corrected chi connectivity index (χ1v) is 6.20. The molecular formula is C13H19N3O3. The van der Waals surface area contributed by atoms with Crippen LogP contribution in [0.4, 0.5) is 10.5 Å². The molecule has 6 nitrogen and oxygen atoms in total. The third-order valence-corrected chi connectivity index (χ3v) is 2.88. The maximum absolute atomic E-state index is 11.7. The van der Waals surface area contributed by atoms with Crippen molar-refractivity contribution in [3.05, 3.63) is 24.0 Å².